The molecular weight excluding hydrogens is 314 g/mol. The van der Waals surface area contributed by atoms with Crippen LogP contribution in [0.2, 0.25) is 0 Å². The minimum atomic E-state index is 0.497. The van der Waals surface area contributed by atoms with Gasteiger partial charge in [-0.15, -0.1) is 0 Å². The predicted octanol–water partition coefficient (Wildman–Crippen LogP) is 3.90. The topological polar surface area (TPSA) is 59.2 Å². The number of para-hydroxylation sites is 2. The highest BCUT2D eigenvalue weighted by Gasteiger charge is 2.17. The van der Waals surface area contributed by atoms with E-state index in [1.807, 2.05) is 24.3 Å². The molecule has 5 nitrogen and oxygen atoms in total. The number of ether oxygens (including phenoxy) is 2. The highest BCUT2D eigenvalue weighted by atomic mass is 16.5. The average Bonchev–Trinajstić information content (AvgIpc) is 3.28. The number of fused-ring (bicyclic) bond motifs is 1. The van der Waals surface area contributed by atoms with Crippen LogP contribution in [0.15, 0.2) is 42.5 Å². The molecular formula is C20H23N3O2. The maximum absolute atomic E-state index is 6.10. The van der Waals surface area contributed by atoms with Crippen molar-refractivity contribution in [2.24, 2.45) is 5.92 Å². The van der Waals surface area contributed by atoms with Gasteiger partial charge in [-0.1, -0.05) is 24.3 Å². The summed E-state index contributed by atoms with van der Waals surface area (Å²) in [5, 5.41) is 3.37. The summed E-state index contributed by atoms with van der Waals surface area (Å²) in [6, 6.07) is 14.4. The normalized spacial score (nSPS) is 17.1. The van der Waals surface area contributed by atoms with E-state index in [0.717, 1.165) is 47.9 Å². The van der Waals surface area contributed by atoms with E-state index in [1.54, 1.807) is 0 Å². The Bertz CT molecular complexity index is 820. The standard InChI is InChI=1S/C20H23N3O2/c1-14-6-7-16(19(10-14)25-13-15-8-9-24-12-15)11-21-20-22-17-4-2-3-5-18(17)23-20/h2-7,10,15H,8-9,11-13H2,1H3,(H2,21,22,23). The van der Waals surface area contributed by atoms with E-state index >= 15 is 0 Å². The Labute approximate surface area is 147 Å². The molecule has 0 radical (unpaired) electrons. The van der Waals surface area contributed by atoms with Crippen molar-refractivity contribution in [3.63, 3.8) is 0 Å². The number of hydrogen-bond acceptors (Lipinski definition) is 4. The van der Waals surface area contributed by atoms with Gasteiger partial charge < -0.3 is 19.8 Å². The van der Waals surface area contributed by atoms with Crippen LogP contribution in [0.5, 0.6) is 5.75 Å². The molecule has 4 rings (SSSR count). The number of anilines is 1. The van der Waals surface area contributed by atoms with Crippen molar-refractivity contribution >= 4 is 17.0 Å². The van der Waals surface area contributed by atoms with Gasteiger partial charge in [-0.2, -0.15) is 0 Å². The maximum atomic E-state index is 6.10. The molecule has 1 unspecified atom stereocenters. The smallest absolute Gasteiger partial charge is 0.201 e. The van der Waals surface area contributed by atoms with Crippen LogP contribution in [0.1, 0.15) is 17.5 Å². The van der Waals surface area contributed by atoms with E-state index in [9.17, 15) is 0 Å². The second-order valence-corrected chi connectivity index (χ2v) is 6.61. The van der Waals surface area contributed by atoms with Crippen molar-refractivity contribution in [2.75, 3.05) is 25.1 Å². The van der Waals surface area contributed by atoms with Gasteiger partial charge in [0.25, 0.3) is 0 Å². The van der Waals surface area contributed by atoms with Crippen molar-refractivity contribution in [1.29, 1.82) is 0 Å². The highest BCUT2D eigenvalue weighted by molar-refractivity contribution is 5.77. The molecule has 2 N–H and O–H groups in total. The summed E-state index contributed by atoms with van der Waals surface area (Å²) in [4.78, 5) is 7.85. The van der Waals surface area contributed by atoms with Crippen LogP contribution in [-0.2, 0) is 11.3 Å². The van der Waals surface area contributed by atoms with Crippen LogP contribution in [-0.4, -0.2) is 29.8 Å². The van der Waals surface area contributed by atoms with E-state index in [1.165, 1.54) is 5.56 Å². The van der Waals surface area contributed by atoms with Crippen LogP contribution in [0.3, 0.4) is 0 Å². The quantitative estimate of drug-likeness (QED) is 0.716. The average molecular weight is 337 g/mol. The first-order valence-electron chi connectivity index (χ1n) is 8.76. The number of hydrogen-bond donors (Lipinski definition) is 2. The van der Waals surface area contributed by atoms with E-state index < -0.39 is 0 Å². The Morgan fingerprint density at radius 2 is 2.20 bits per heavy atom. The van der Waals surface area contributed by atoms with Crippen LogP contribution in [0, 0.1) is 12.8 Å². The van der Waals surface area contributed by atoms with Gasteiger partial charge in [-0.3, -0.25) is 0 Å². The molecule has 3 aromatic rings. The summed E-state index contributed by atoms with van der Waals surface area (Å²) >= 11 is 0. The molecule has 1 aliphatic heterocycles. The Kier molecular flexibility index (Phi) is 4.57. The molecule has 1 fully saturated rings. The van der Waals surface area contributed by atoms with Gasteiger partial charge in [-0.05, 0) is 37.1 Å². The van der Waals surface area contributed by atoms with Gasteiger partial charge in [0.15, 0.2) is 0 Å². The Hall–Kier alpha value is -2.53. The van der Waals surface area contributed by atoms with Gasteiger partial charge in [-0.25, -0.2) is 4.98 Å². The fourth-order valence-corrected chi connectivity index (χ4v) is 3.08. The number of imidazole rings is 1. The lowest BCUT2D eigenvalue weighted by molar-refractivity contribution is 0.167. The van der Waals surface area contributed by atoms with Crippen molar-refractivity contribution in [1.82, 2.24) is 9.97 Å². The Balaban J connectivity index is 1.45. The molecule has 1 aliphatic rings. The first-order valence-corrected chi connectivity index (χ1v) is 8.76. The number of nitrogens with one attached hydrogen (secondary N) is 2. The molecule has 2 heterocycles. The Morgan fingerprint density at radius 1 is 1.28 bits per heavy atom. The maximum Gasteiger partial charge on any atom is 0.201 e. The molecule has 1 atom stereocenters. The lowest BCUT2D eigenvalue weighted by Crippen LogP contribution is -2.13. The van der Waals surface area contributed by atoms with Crippen LogP contribution in [0.25, 0.3) is 11.0 Å². The number of nitrogens with zero attached hydrogens (tertiary/aromatic N) is 1. The van der Waals surface area contributed by atoms with Crippen molar-refractivity contribution in [3.8, 4) is 5.75 Å². The molecule has 25 heavy (non-hydrogen) atoms. The minimum Gasteiger partial charge on any atom is -0.493 e. The summed E-state index contributed by atoms with van der Waals surface area (Å²) in [6.45, 7) is 5.11. The van der Waals surface area contributed by atoms with Crippen molar-refractivity contribution in [2.45, 2.75) is 19.9 Å². The molecule has 2 aromatic carbocycles. The third kappa shape index (κ3) is 3.77. The minimum absolute atomic E-state index is 0.497. The fraction of sp³-hybridized carbons (Fsp3) is 0.350. The molecule has 0 amide bonds. The number of rotatable bonds is 6. The zero-order valence-corrected chi connectivity index (χ0v) is 14.4. The third-order valence-corrected chi connectivity index (χ3v) is 4.56. The number of aromatic nitrogens is 2. The van der Waals surface area contributed by atoms with Gasteiger partial charge in [0, 0.05) is 24.6 Å². The van der Waals surface area contributed by atoms with E-state index in [0.29, 0.717) is 19.1 Å². The van der Waals surface area contributed by atoms with Gasteiger partial charge >= 0.3 is 0 Å². The lowest BCUT2D eigenvalue weighted by atomic mass is 10.1. The van der Waals surface area contributed by atoms with Gasteiger partial charge in [0.1, 0.15) is 5.75 Å². The zero-order chi connectivity index (χ0) is 17.1. The van der Waals surface area contributed by atoms with Crippen molar-refractivity contribution < 1.29 is 9.47 Å². The lowest BCUT2D eigenvalue weighted by Gasteiger charge is -2.15. The first-order chi connectivity index (χ1) is 12.3. The molecule has 0 spiro atoms. The molecule has 130 valence electrons. The largest absolute Gasteiger partial charge is 0.493 e. The summed E-state index contributed by atoms with van der Waals surface area (Å²) in [6.07, 6.45) is 1.08. The molecule has 0 aliphatic carbocycles. The molecule has 0 bridgehead atoms. The van der Waals surface area contributed by atoms with E-state index in [4.69, 9.17) is 9.47 Å². The monoisotopic (exact) mass is 337 g/mol. The van der Waals surface area contributed by atoms with E-state index in [-0.39, 0.29) is 0 Å². The molecule has 0 saturated carbocycles. The summed E-state index contributed by atoms with van der Waals surface area (Å²) in [7, 11) is 0. The van der Waals surface area contributed by atoms with Crippen LogP contribution < -0.4 is 10.1 Å². The molecule has 5 heteroatoms. The van der Waals surface area contributed by atoms with Crippen LogP contribution in [0.4, 0.5) is 5.95 Å². The first kappa shape index (κ1) is 16.0. The predicted molar refractivity (Wildman–Crippen MR) is 99.0 cm³/mol. The van der Waals surface area contributed by atoms with Gasteiger partial charge in [0.05, 0.1) is 24.2 Å². The van der Waals surface area contributed by atoms with Crippen molar-refractivity contribution in [3.05, 3.63) is 53.6 Å². The molecule has 1 aromatic heterocycles. The zero-order valence-electron chi connectivity index (χ0n) is 14.4. The third-order valence-electron chi connectivity index (χ3n) is 4.56. The summed E-state index contributed by atoms with van der Waals surface area (Å²) in [5.74, 6) is 2.21. The van der Waals surface area contributed by atoms with E-state index in [2.05, 4.69) is 40.4 Å². The SMILES string of the molecule is Cc1ccc(CNc2nc3ccccc3[nH]2)c(OCC2CCOC2)c1. The van der Waals surface area contributed by atoms with Crippen LogP contribution >= 0.6 is 0 Å². The number of benzene rings is 2. The fourth-order valence-electron chi connectivity index (χ4n) is 3.08. The highest BCUT2D eigenvalue weighted by Crippen LogP contribution is 2.24. The second kappa shape index (κ2) is 7.15. The summed E-state index contributed by atoms with van der Waals surface area (Å²) in [5.41, 5.74) is 4.33. The number of H-pyrrole nitrogens is 1. The number of aryl methyl sites for hydroxylation is 1. The Morgan fingerprint density at radius 3 is 3.04 bits per heavy atom. The molecule has 1 saturated heterocycles. The number of aromatic amines is 1. The summed E-state index contributed by atoms with van der Waals surface area (Å²) < 4.78 is 11.5. The van der Waals surface area contributed by atoms with Gasteiger partial charge in [0.2, 0.25) is 5.95 Å². The second-order valence-electron chi connectivity index (χ2n) is 6.61.